The van der Waals surface area contributed by atoms with Gasteiger partial charge in [0, 0.05) is 25.6 Å². The summed E-state index contributed by atoms with van der Waals surface area (Å²) < 4.78 is 0. The van der Waals surface area contributed by atoms with Gasteiger partial charge in [-0.1, -0.05) is 6.07 Å². The molecule has 0 spiro atoms. The molecule has 1 fully saturated rings. The molecule has 1 N–H and O–H groups in total. The van der Waals surface area contributed by atoms with Crippen LogP contribution in [0.2, 0.25) is 0 Å². The highest BCUT2D eigenvalue weighted by Gasteiger charge is 2.35. The van der Waals surface area contributed by atoms with E-state index in [4.69, 9.17) is 0 Å². The zero-order valence-corrected chi connectivity index (χ0v) is 18.8. The number of thioether (sulfide) groups is 1. The standard InChI is InChI=1S/C20H13N3O3S4/c1-10-4-5-13(29-10)12-9-28-18-16(12)17(24)21-15(22-18)8-23-19(25)14(30-20(23)26)7-11-3-2-6-27-11/h2-7,9H,8H2,1H3,(H,21,22,24)/b14-7-. The fourth-order valence-electron chi connectivity index (χ4n) is 3.12. The minimum absolute atomic E-state index is 0.0665. The van der Waals surface area contributed by atoms with E-state index in [9.17, 15) is 14.4 Å². The van der Waals surface area contributed by atoms with Gasteiger partial charge in [0.25, 0.3) is 16.7 Å². The topological polar surface area (TPSA) is 83.1 Å². The lowest BCUT2D eigenvalue weighted by molar-refractivity contribution is -0.123. The number of imide groups is 1. The summed E-state index contributed by atoms with van der Waals surface area (Å²) in [4.78, 5) is 50.3. The van der Waals surface area contributed by atoms with Gasteiger partial charge in [-0.25, -0.2) is 4.98 Å². The molecule has 0 aromatic carbocycles. The van der Waals surface area contributed by atoms with Crippen molar-refractivity contribution in [3.63, 3.8) is 0 Å². The van der Waals surface area contributed by atoms with E-state index in [-0.39, 0.29) is 23.3 Å². The summed E-state index contributed by atoms with van der Waals surface area (Å²) >= 11 is 5.40. The fraction of sp³-hybridized carbons (Fsp3) is 0.100. The lowest BCUT2D eigenvalue weighted by Gasteiger charge is -2.11. The van der Waals surface area contributed by atoms with Crippen LogP contribution < -0.4 is 5.56 Å². The number of aromatic nitrogens is 2. The monoisotopic (exact) mass is 471 g/mol. The zero-order valence-electron chi connectivity index (χ0n) is 15.5. The van der Waals surface area contributed by atoms with E-state index in [1.807, 2.05) is 41.9 Å². The quantitative estimate of drug-likeness (QED) is 0.407. The minimum atomic E-state index is -0.373. The summed E-state index contributed by atoms with van der Waals surface area (Å²) in [5.74, 6) is -0.0787. The number of carbonyl (C=O) groups is 2. The molecular formula is C20H13N3O3S4. The van der Waals surface area contributed by atoms with Gasteiger partial charge in [0.2, 0.25) is 0 Å². The van der Waals surface area contributed by atoms with Gasteiger partial charge in [-0.15, -0.1) is 34.0 Å². The molecule has 1 aliphatic heterocycles. The minimum Gasteiger partial charge on any atom is -0.308 e. The van der Waals surface area contributed by atoms with E-state index < -0.39 is 0 Å². The Balaban J connectivity index is 1.45. The first-order valence-corrected chi connectivity index (χ1v) is 12.2. The molecule has 1 saturated heterocycles. The third-order valence-electron chi connectivity index (χ3n) is 4.50. The number of nitrogens with one attached hydrogen (secondary N) is 1. The van der Waals surface area contributed by atoms with Crippen LogP contribution in [0.5, 0.6) is 0 Å². The summed E-state index contributed by atoms with van der Waals surface area (Å²) in [5.41, 5.74) is 0.594. The van der Waals surface area contributed by atoms with Crippen molar-refractivity contribution in [2.75, 3.05) is 0 Å². The Kier molecular flexibility index (Phi) is 4.94. The van der Waals surface area contributed by atoms with Crippen LogP contribution in [-0.4, -0.2) is 26.0 Å². The van der Waals surface area contributed by atoms with Crippen LogP contribution in [0.15, 0.2) is 44.7 Å². The maximum Gasteiger partial charge on any atom is 0.293 e. The van der Waals surface area contributed by atoms with E-state index >= 15 is 0 Å². The second-order valence-corrected chi connectivity index (χ2v) is 10.7. The number of nitrogens with zero attached hydrogens (tertiary/aromatic N) is 2. The number of aromatic amines is 1. The molecule has 5 heterocycles. The Labute approximate surface area is 186 Å². The zero-order chi connectivity index (χ0) is 20.8. The maximum absolute atomic E-state index is 12.8. The molecule has 0 radical (unpaired) electrons. The highest BCUT2D eigenvalue weighted by molar-refractivity contribution is 8.18. The molecule has 30 heavy (non-hydrogen) atoms. The Morgan fingerprint density at radius 2 is 2.03 bits per heavy atom. The van der Waals surface area contributed by atoms with Crippen molar-refractivity contribution in [3.05, 3.63) is 65.9 Å². The molecule has 0 bridgehead atoms. The number of aryl methyl sites for hydroxylation is 1. The van der Waals surface area contributed by atoms with E-state index in [1.54, 1.807) is 17.4 Å². The third kappa shape index (κ3) is 3.45. The summed E-state index contributed by atoms with van der Waals surface area (Å²) in [7, 11) is 0. The normalized spacial score (nSPS) is 15.8. The lowest BCUT2D eigenvalue weighted by Crippen LogP contribution is -2.29. The number of H-pyrrole nitrogens is 1. The number of amides is 2. The van der Waals surface area contributed by atoms with Gasteiger partial charge >= 0.3 is 0 Å². The van der Waals surface area contributed by atoms with Gasteiger partial charge < -0.3 is 4.98 Å². The Hall–Kier alpha value is -2.53. The van der Waals surface area contributed by atoms with Gasteiger partial charge in [0.05, 0.1) is 16.8 Å². The van der Waals surface area contributed by atoms with Gasteiger partial charge in [0.15, 0.2) is 0 Å². The van der Waals surface area contributed by atoms with Crippen molar-refractivity contribution in [2.45, 2.75) is 13.5 Å². The number of hydrogen-bond donors (Lipinski definition) is 1. The number of hydrogen-bond acceptors (Lipinski definition) is 8. The predicted octanol–water partition coefficient (Wildman–Crippen LogP) is 5.32. The lowest BCUT2D eigenvalue weighted by atomic mass is 10.2. The van der Waals surface area contributed by atoms with Crippen molar-refractivity contribution in [3.8, 4) is 10.4 Å². The first kappa shape index (κ1) is 19.4. The summed E-state index contributed by atoms with van der Waals surface area (Å²) in [6.45, 7) is 1.95. The van der Waals surface area contributed by atoms with Crippen LogP contribution in [0, 0.1) is 6.92 Å². The molecule has 0 unspecified atom stereocenters. The molecule has 1 aliphatic rings. The molecule has 5 rings (SSSR count). The summed E-state index contributed by atoms with van der Waals surface area (Å²) in [6.07, 6.45) is 1.71. The fourth-order valence-corrected chi connectivity index (χ4v) is 6.60. The molecule has 6 nitrogen and oxygen atoms in total. The molecule has 10 heteroatoms. The molecule has 4 aromatic rings. The Bertz CT molecular complexity index is 1380. The molecular weight excluding hydrogens is 459 g/mol. The van der Waals surface area contributed by atoms with Crippen LogP contribution in [0.4, 0.5) is 4.79 Å². The largest absolute Gasteiger partial charge is 0.308 e. The van der Waals surface area contributed by atoms with Crippen LogP contribution in [0.25, 0.3) is 26.7 Å². The number of thiophene rings is 3. The number of rotatable bonds is 4. The van der Waals surface area contributed by atoms with E-state index in [1.165, 1.54) is 27.6 Å². The summed E-state index contributed by atoms with van der Waals surface area (Å²) in [5, 5.41) is 4.00. The molecule has 0 aliphatic carbocycles. The third-order valence-corrected chi connectivity index (χ3v) is 8.13. The van der Waals surface area contributed by atoms with Crippen molar-refractivity contribution >= 4 is 73.2 Å². The van der Waals surface area contributed by atoms with Gasteiger partial charge in [-0.3, -0.25) is 19.3 Å². The predicted molar refractivity (Wildman–Crippen MR) is 124 cm³/mol. The highest BCUT2D eigenvalue weighted by Crippen LogP contribution is 2.36. The van der Waals surface area contributed by atoms with E-state index in [2.05, 4.69) is 9.97 Å². The van der Waals surface area contributed by atoms with Gasteiger partial charge in [0.1, 0.15) is 10.7 Å². The SMILES string of the molecule is Cc1ccc(-c2csc3nc(CN4C(=O)S/C(=C\c5cccs5)C4=O)[nH]c(=O)c23)s1. The van der Waals surface area contributed by atoms with Gasteiger partial charge in [-0.05, 0) is 48.3 Å². The van der Waals surface area contributed by atoms with Crippen LogP contribution in [-0.2, 0) is 11.3 Å². The van der Waals surface area contributed by atoms with Crippen LogP contribution in [0.1, 0.15) is 15.6 Å². The molecule has 4 aromatic heterocycles. The first-order chi connectivity index (χ1) is 14.5. The molecule has 2 amide bonds. The number of fused-ring (bicyclic) bond motifs is 1. The average Bonchev–Trinajstić information content (AvgIpc) is 3.48. The first-order valence-electron chi connectivity index (χ1n) is 8.85. The Morgan fingerprint density at radius 3 is 2.77 bits per heavy atom. The second kappa shape index (κ2) is 7.62. The maximum atomic E-state index is 12.8. The smallest absolute Gasteiger partial charge is 0.293 e. The Morgan fingerprint density at radius 1 is 1.17 bits per heavy atom. The van der Waals surface area contributed by atoms with Crippen molar-refractivity contribution in [1.29, 1.82) is 0 Å². The van der Waals surface area contributed by atoms with Crippen molar-refractivity contribution < 1.29 is 9.59 Å². The van der Waals surface area contributed by atoms with Gasteiger partial charge in [-0.2, -0.15) is 0 Å². The van der Waals surface area contributed by atoms with E-state index in [0.717, 1.165) is 32.0 Å². The number of carbonyl (C=O) groups excluding carboxylic acids is 2. The molecule has 0 atom stereocenters. The van der Waals surface area contributed by atoms with Crippen LogP contribution in [0.3, 0.4) is 0 Å². The molecule has 0 saturated carbocycles. The summed E-state index contributed by atoms with van der Waals surface area (Å²) in [6, 6.07) is 7.78. The van der Waals surface area contributed by atoms with E-state index in [0.29, 0.717) is 20.9 Å². The highest BCUT2D eigenvalue weighted by atomic mass is 32.2. The van der Waals surface area contributed by atoms with Crippen LogP contribution >= 0.6 is 45.8 Å². The average molecular weight is 472 g/mol. The van der Waals surface area contributed by atoms with Crippen molar-refractivity contribution in [1.82, 2.24) is 14.9 Å². The molecule has 150 valence electrons. The second-order valence-electron chi connectivity index (χ2n) is 6.54. The van der Waals surface area contributed by atoms with Crippen molar-refractivity contribution in [2.24, 2.45) is 0 Å².